The third kappa shape index (κ3) is 2.52. The van der Waals surface area contributed by atoms with Crippen LogP contribution >= 0.6 is 0 Å². The van der Waals surface area contributed by atoms with Gasteiger partial charge in [0.25, 0.3) is 5.89 Å². The summed E-state index contributed by atoms with van der Waals surface area (Å²) in [6.07, 6.45) is 11.4. The lowest BCUT2D eigenvalue weighted by atomic mass is 9.89. The number of nitrogens with zero attached hydrogens (tertiary/aromatic N) is 4. The number of hydrogen-bond acceptors (Lipinski definition) is 5. The van der Waals surface area contributed by atoms with Crippen LogP contribution in [0.1, 0.15) is 43.8 Å². The number of nitrogens with one attached hydrogen (secondary N) is 1. The summed E-state index contributed by atoms with van der Waals surface area (Å²) in [5, 5.41) is 4.18. The molecular formula is C16H17N5O. The third-order valence-electron chi connectivity index (χ3n) is 4.16. The van der Waals surface area contributed by atoms with Gasteiger partial charge in [0.2, 0.25) is 0 Å². The molecule has 6 nitrogen and oxygen atoms in total. The van der Waals surface area contributed by atoms with E-state index in [4.69, 9.17) is 4.52 Å². The Balaban J connectivity index is 1.62. The molecule has 1 aliphatic carbocycles. The van der Waals surface area contributed by atoms with Crippen molar-refractivity contribution < 1.29 is 4.52 Å². The number of hydrogen-bond donors (Lipinski definition) is 1. The molecule has 6 heteroatoms. The van der Waals surface area contributed by atoms with E-state index >= 15 is 0 Å². The van der Waals surface area contributed by atoms with Gasteiger partial charge in [-0.3, -0.25) is 4.98 Å². The fourth-order valence-electron chi connectivity index (χ4n) is 2.98. The fourth-order valence-corrected chi connectivity index (χ4v) is 2.98. The second-order valence-corrected chi connectivity index (χ2v) is 5.66. The van der Waals surface area contributed by atoms with Crippen LogP contribution in [0.15, 0.2) is 35.2 Å². The van der Waals surface area contributed by atoms with Crippen molar-refractivity contribution in [3.05, 3.63) is 36.5 Å². The van der Waals surface area contributed by atoms with Crippen molar-refractivity contribution in [3.8, 4) is 23.0 Å². The molecule has 4 rings (SSSR count). The van der Waals surface area contributed by atoms with Gasteiger partial charge in [0.15, 0.2) is 11.6 Å². The highest BCUT2D eigenvalue weighted by Gasteiger charge is 2.21. The first-order valence-corrected chi connectivity index (χ1v) is 7.70. The fraction of sp³-hybridized carbons (Fsp3) is 0.375. The van der Waals surface area contributed by atoms with E-state index in [0.717, 1.165) is 35.7 Å². The number of rotatable bonds is 3. The molecule has 0 aliphatic heterocycles. The van der Waals surface area contributed by atoms with Crippen LogP contribution in [0.4, 0.5) is 0 Å². The quantitative estimate of drug-likeness (QED) is 0.799. The van der Waals surface area contributed by atoms with E-state index < -0.39 is 0 Å². The summed E-state index contributed by atoms with van der Waals surface area (Å²) in [6.45, 7) is 0. The molecule has 0 atom stereocenters. The van der Waals surface area contributed by atoms with Crippen molar-refractivity contribution in [1.29, 1.82) is 0 Å². The van der Waals surface area contributed by atoms with Crippen LogP contribution in [0.25, 0.3) is 23.0 Å². The summed E-state index contributed by atoms with van der Waals surface area (Å²) < 4.78 is 5.46. The van der Waals surface area contributed by atoms with Crippen molar-refractivity contribution in [3.63, 3.8) is 0 Å². The van der Waals surface area contributed by atoms with E-state index in [1.165, 1.54) is 19.3 Å². The predicted octanol–water partition coefficient (Wildman–Crippen LogP) is 3.57. The van der Waals surface area contributed by atoms with E-state index in [0.29, 0.717) is 11.8 Å². The van der Waals surface area contributed by atoms with Gasteiger partial charge in [-0.1, -0.05) is 24.4 Å². The molecule has 0 amide bonds. The van der Waals surface area contributed by atoms with Crippen LogP contribution in [-0.2, 0) is 0 Å². The molecule has 0 spiro atoms. The van der Waals surface area contributed by atoms with Crippen LogP contribution < -0.4 is 0 Å². The average Bonchev–Trinajstić information content (AvgIpc) is 3.28. The number of H-pyrrole nitrogens is 1. The summed E-state index contributed by atoms with van der Waals surface area (Å²) in [6, 6.07) is 3.79. The normalized spacial score (nSPS) is 16.0. The summed E-state index contributed by atoms with van der Waals surface area (Å²) in [7, 11) is 0. The van der Waals surface area contributed by atoms with Crippen molar-refractivity contribution in [2.75, 3.05) is 0 Å². The Morgan fingerprint density at radius 3 is 2.82 bits per heavy atom. The Morgan fingerprint density at radius 2 is 2.00 bits per heavy atom. The Bertz CT molecular complexity index is 744. The monoisotopic (exact) mass is 295 g/mol. The molecule has 112 valence electrons. The highest BCUT2D eigenvalue weighted by molar-refractivity contribution is 5.61. The van der Waals surface area contributed by atoms with Gasteiger partial charge < -0.3 is 9.51 Å². The van der Waals surface area contributed by atoms with E-state index in [2.05, 4.69) is 25.1 Å². The predicted molar refractivity (Wildman–Crippen MR) is 80.9 cm³/mol. The molecule has 1 aliphatic rings. The minimum atomic E-state index is 0.442. The standard InChI is InChI=1S/C16H17N5O/c1-2-4-11(5-3-1)14-20-16(22-21-14)12-6-7-17-13(10-12)15-18-8-9-19-15/h6-11H,1-5H2,(H,18,19). The number of aromatic nitrogens is 5. The molecule has 1 N–H and O–H groups in total. The average molecular weight is 295 g/mol. The SMILES string of the molecule is c1cc(-c2nc(C3CCCCC3)no2)cc(-c2ncc[nH]2)n1. The topological polar surface area (TPSA) is 80.5 Å². The van der Waals surface area contributed by atoms with Crippen LogP contribution in [-0.4, -0.2) is 25.1 Å². The molecule has 0 saturated heterocycles. The van der Waals surface area contributed by atoms with Gasteiger partial charge in [-0.05, 0) is 25.0 Å². The summed E-state index contributed by atoms with van der Waals surface area (Å²) in [5.74, 6) is 2.56. The van der Waals surface area contributed by atoms with Crippen LogP contribution in [0.2, 0.25) is 0 Å². The van der Waals surface area contributed by atoms with Gasteiger partial charge in [0.05, 0.1) is 0 Å². The molecule has 0 aromatic carbocycles. The van der Waals surface area contributed by atoms with E-state index in [1.54, 1.807) is 18.6 Å². The van der Waals surface area contributed by atoms with Gasteiger partial charge in [-0.15, -0.1) is 0 Å². The Labute approximate surface area is 128 Å². The first-order chi connectivity index (χ1) is 10.9. The molecule has 1 saturated carbocycles. The molecule has 3 heterocycles. The van der Waals surface area contributed by atoms with Gasteiger partial charge in [0, 0.05) is 30.1 Å². The second-order valence-electron chi connectivity index (χ2n) is 5.66. The lowest BCUT2D eigenvalue weighted by Gasteiger charge is -2.17. The molecular weight excluding hydrogens is 278 g/mol. The zero-order valence-electron chi connectivity index (χ0n) is 12.2. The van der Waals surface area contributed by atoms with E-state index in [-0.39, 0.29) is 0 Å². The zero-order chi connectivity index (χ0) is 14.8. The Kier molecular flexibility index (Phi) is 3.42. The van der Waals surface area contributed by atoms with Crippen LogP contribution in [0.3, 0.4) is 0 Å². The lowest BCUT2D eigenvalue weighted by Crippen LogP contribution is -2.06. The molecule has 22 heavy (non-hydrogen) atoms. The van der Waals surface area contributed by atoms with Crippen molar-refractivity contribution in [2.45, 2.75) is 38.0 Å². The highest BCUT2D eigenvalue weighted by Crippen LogP contribution is 2.32. The summed E-state index contributed by atoms with van der Waals surface area (Å²) in [5.41, 5.74) is 1.64. The first kappa shape index (κ1) is 13.2. The zero-order valence-corrected chi connectivity index (χ0v) is 12.2. The highest BCUT2D eigenvalue weighted by atomic mass is 16.5. The largest absolute Gasteiger partial charge is 0.343 e. The molecule has 0 bridgehead atoms. The third-order valence-corrected chi connectivity index (χ3v) is 4.16. The van der Waals surface area contributed by atoms with E-state index in [9.17, 15) is 0 Å². The molecule has 0 unspecified atom stereocenters. The molecule has 3 aromatic rings. The van der Waals surface area contributed by atoms with E-state index in [1.807, 2.05) is 12.1 Å². The maximum Gasteiger partial charge on any atom is 0.258 e. The maximum atomic E-state index is 5.46. The Morgan fingerprint density at radius 1 is 1.09 bits per heavy atom. The lowest BCUT2D eigenvalue weighted by molar-refractivity contribution is 0.385. The van der Waals surface area contributed by atoms with Gasteiger partial charge in [-0.25, -0.2) is 4.98 Å². The Hall–Kier alpha value is -2.50. The van der Waals surface area contributed by atoms with Gasteiger partial charge >= 0.3 is 0 Å². The summed E-state index contributed by atoms with van der Waals surface area (Å²) >= 11 is 0. The number of imidazole rings is 1. The van der Waals surface area contributed by atoms with Crippen molar-refractivity contribution in [2.24, 2.45) is 0 Å². The van der Waals surface area contributed by atoms with Crippen LogP contribution in [0, 0.1) is 0 Å². The first-order valence-electron chi connectivity index (χ1n) is 7.70. The maximum absolute atomic E-state index is 5.46. The van der Waals surface area contributed by atoms with Gasteiger partial charge in [0.1, 0.15) is 5.69 Å². The minimum absolute atomic E-state index is 0.442. The van der Waals surface area contributed by atoms with Crippen molar-refractivity contribution in [1.82, 2.24) is 25.1 Å². The number of pyridine rings is 1. The number of aromatic amines is 1. The van der Waals surface area contributed by atoms with Gasteiger partial charge in [-0.2, -0.15) is 4.98 Å². The summed E-state index contributed by atoms with van der Waals surface area (Å²) in [4.78, 5) is 16.2. The molecule has 1 fully saturated rings. The molecule has 0 radical (unpaired) electrons. The second kappa shape index (κ2) is 5.71. The smallest absolute Gasteiger partial charge is 0.258 e. The van der Waals surface area contributed by atoms with Crippen molar-refractivity contribution >= 4 is 0 Å². The molecule has 3 aromatic heterocycles. The van der Waals surface area contributed by atoms with Crippen LogP contribution in [0.5, 0.6) is 0 Å². The minimum Gasteiger partial charge on any atom is -0.343 e.